The number of imidazole rings is 1. The fourth-order valence-corrected chi connectivity index (χ4v) is 6.58. The highest BCUT2D eigenvalue weighted by Crippen LogP contribution is 2.42. The molecule has 0 aliphatic carbocycles. The van der Waals surface area contributed by atoms with Crippen molar-refractivity contribution in [1.29, 1.82) is 0 Å². The van der Waals surface area contributed by atoms with Crippen LogP contribution in [0.2, 0.25) is 0 Å². The van der Waals surface area contributed by atoms with Crippen LogP contribution < -0.4 is 4.90 Å². The molecule has 0 atom stereocenters. The van der Waals surface area contributed by atoms with Gasteiger partial charge in [-0.05, 0) is 71.4 Å². The second-order valence-corrected chi connectivity index (χ2v) is 11.3. The Morgan fingerprint density at radius 2 is 1.07 bits per heavy atom. The smallest absolute Gasteiger partial charge is 0.165 e. The molecule has 5 nitrogen and oxygen atoms in total. The van der Waals surface area contributed by atoms with Crippen LogP contribution in [0, 0.1) is 0 Å². The van der Waals surface area contributed by atoms with Gasteiger partial charge in [-0.1, -0.05) is 91.0 Å². The Kier molecular flexibility index (Phi) is 6.06. The van der Waals surface area contributed by atoms with E-state index >= 15 is 0 Å². The van der Waals surface area contributed by atoms with Crippen LogP contribution in [-0.4, -0.2) is 19.5 Å². The number of fused-ring (bicyclic) bond motifs is 4. The first-order chi connectivity index (χ1) is 22.8. The molecule has 6 aromatic carbocycles. The molecule has 46 heavy (non-hydrogen) atoms. The van der Waals surface area contributed by atoms with E-state index in [9.17, 15) is 0 Å². The van der Waals surface area contributed by atoms with Crippen LogP contribution >= 0.6 is 0 Å². The van der Waals surface area contributed by atoms with Crippen LogP contribution in [0.4, 0.5) is 17.1 Å². The molecule has 0 amide bonds. The van der Waals surface area contributed by atoms with E-state index < -0.39 is 0 Å². The maximum atomic E-state index is 5.10. The van der Waals surface area contributed by atoms with Gasteiger partial charge in [0, 0.05) is 39.8 Å². The maximum absolute atomic E-state index is 5.10. The first-order valence-corrected chi connectivity index (χ1v) is 15.4. The molecule has 0 radical (unpaired) electrons. The number of nitrogens with zero attached hydrogens (tertiary/aromatic N) is 5. The first-order valence-electron chi connectivity index (χ1n) is 15.4. The topological polar surface area (TPSA) is 46.8 Å². The lowest BCUT2D eigenvalue weighted by Crippen LogP contribution is -2.11. The van der Waals surface area contributed by atoms with Crippen LogP contribution in [0.1, 0.15) is 0 Å². The van der Waals surface area contributed by atoms with Crippen molar-refractivity contribution in [3.05, 3.63) is 164 Å². The summed E-state index contributed by atoms with van der Waals surface area (Å²) in [4.78, 5) is 17.0. The molecule has 0 aliphatic rings. The zero-order chi connectivity index (χ0) is 30.5. The lowest BCUT2D eigenvalue weighted by Gasteiger charge is -2.28. The van der Waals surface area contributed by atoms with Crippen molar-refractivity contribution in [2.75, 3.05) is 4.90 Å². The third-order valence-corrected chi connectivity index (χ3v) is 8.67. The molecule has 9 aromatic rings. The van der Waals surface area contributed by atoms with E-state index in [4.69, 9.17) is 15.0 Å². The minimum absolute atomic E-state index is 0.799. The third-order valence-electron chi connectivity index (χ3n) is 8.67. The summed E-state index contributed by atoms with van der Waals surface area (Å²) in [6.07, 6.45) is 3.65. The average molecular weight is 590 g/mol. The summed E-state index contributed by atoms with van der Waals surface area (Å²) in [6, 6.07) is 53.1. The van der Waals surface area contributed by atoms with Crippen molar-refractivity contribution in [3.8, 4) is 17.1 Å². The predicted octanol–water partition coefficient (Wildman–Crippen LogP) is 10.4. The van der Waals surface area contributed by atoms with Gasteiger partial charge in [-0.25, -0.2) is 9.97 Å². The number of rotatable bonds is 5. The second-order valence-electron chi connectivity index (χ2n) is 11.3. The van der Waals surface area contributed by atoms with Crippen molar-refractivity contribution >= 4 is 60.7 Å². The SMILES string of the molecule is c1ccc2c(N(c3ccc(-c4nc5cccnc5n4-c4cccc5cccnc45)cc3)c3cccc4ccccc34)cccc2c1. The molecule has 0 spiro atoms. The number of hydrogen-bond acceptors (Lipinski definition) is 4. The Bertz CT molecular complexity index is 2450. The molecule has 216 valence electrons. The molecule has 0 bridgehead atoms. The number of aromatic nitrogens is 4. The number of hydrogen-bond donors (Lipinski definition) is 0. The molecule has 0 unspecified atom stereocenters. The third kappa shape index (κ3) is 4.21. The molecule has 0 saturated carbocycles. The number of benzene rings is 6. The summed E-state index contributed by atoms with van der Waals surface area (Å²) in [5.41, 5.74) is 7.79. The summed E-state index contributed by atoms with van der Waals surface area (Å²) in [5, 5.41) is 5.86. The summed E-state index contributed by atoms with van der Waals surface area (Å²) in [7, 11) is 0. The highest BCUT2D eigenvalue weighted by atomic mass is 15.2. The summed E-state index contributed by atoms with van der Waals surface area (Å²) < 4.78 is 2.13. The van der Waals surface area contributed by atoms with Crippen molar-refractivity contribution in [2.45, 2.75) is 0 Å². The van der Waals surface area contributed by atoms with Crippen molar-refractivity contribution in [2.24, 2.45) is 0 Å². The van der Waals surface area contributed by atoms with Gasteiger partial charge in [0.25, 0.3) is 0 Å². The highest BCUT2D eigenvalue weighted by Gasteiger charge is 2.20. The first kappa shape index (κ1) is 26.1. The molecular formula is C41H27N5. The van der Waals surface area contributed by atoms with E-state index in [0.717, 1.165) is 56.2 Å². The van der Waals surface area contributed by atoms with Crippen molar-refractivity contribution < 1.29 is 0 Å². The summed E-state index contributed by atoms with van der Waals surface area (Å²) in [6.45, 7) is 0. The van der Waals surface area contributed by atoms with Gasteiger partial charge >= 0.3 is 0 Å². The normalized spacial score (nSPS) is 11.5. The van der Waals surface area contributed by atoms with Gasteiger partial charge in [0.1, 0.15) is 11.3 Å². The van der Waals surface area contributed by atoms with Gasteiger partial charge < -0.3 is 4.90 Å². The van der Waals surface area contributed by atoms with Crippen LogP contribution in [0.3, 0.4) is 0 Å². The lowest BCUT2D eigenvalue weighted by atomic mass is 10.0. The van der Waals surface area contributed by atoms with Crippen molar-refractivity contribution in [1.82, 2.24) is 19.5 Å². The van der Waals surface area contributed by atoms with Crippen LogP contribution in [0.15, 0.2) is 164 Å². The van der Waals surface area contributed by atoms with E-state index in [1.165, 1.54) is 21.5 Å². The van der Waals surface area contributed by atoms with E-state index in [0.29, 0.717) is 0 Å². The summed E-state index contributed by atoms with van der Waals surface area (Å²) >= 11 is 0. The van der Waals surface area contributed by atoms with E-state index in [2.05, 4.69) is 143 Å². The lowest BCUT2D eigenvalue weighted by molar-refractivity contribution is 1.08. The minimum Gasteiger partial charge on any atom is -0.309 e. The molecule has 0 aliphatic heterocycles. The number of pyridine rings is 2. The molecule has 9 rings (SSSR count). The fraction of sp³-hybridized carbons (Fsp3) is 0. The standard InChI is InChI=1S/C41H27N5/c1-3-16-33-28(10-1)12-5-19-36(33)45(37-20-6-13-29-11-2-4-17-34(29)37)32-24-22-31(23-25-32)40-44-35-18-9-27-43-41(35)46(40)38-21-7-14-30-15-8-26-42-39(30)38/h1-27H. The Hall–Kier alpha value is -6.33. The van der Waals surface area contributed by atoms with Crippen LogP contribution in [0.25, 0.3) is 60.7 Å². The molecule has 0 fully saturated rings. The van der Waals surface area contributed by atoms with Gasteiger partial charge in [-0.15, -0.1) is 0 Å². The monoisotopic (exact) mass is 589 g/mol. The molecule has 5 heteroatoms. The second kappa shape index (κ2) is 10.7. The Labute approximate surface area is 265 Å². The number of para-hydroxylation sites is 1. The Balaban J connectivity index is 1.25. The van der Waals surface area contributed by atoms with Gasteiger partial charge in [-0.3, -0.25) is 9.55 Å². The van der Waals surface area contributed by atoms with E-state index in [1.807, 2.05) is 30.6 Å². The van der Waals surface area contributed by atoms with E-state index in [-0.39, 0.29) is 0 Å². The minimum atomic E-state index is 0.799. The quantitative estimate of drug-likeness (QED) is 0.200. The number of anilines is 3. The van der Waals surface area contributed by atoms with Gasteiger partial charge in [0.15, 0.2) is 5.65 Å². The fourth-order valence-electron chi connectivity index (χ4n) is 6.58. The zero-order valence-corrected chi connectivity index (χ0v) is 24.8. The maximum Gasteiger partial charge on any atom is 0.165 e. The zero-order valence-electron chi connectivity index (χ0n) is 24.8. The van der Waals surface area contributed by atoms with E-state index in [1.54, 1.807) is 0 Å². The molecule has 0 saturated heterocycles. The largest absolute Gasteiger partial charge is 0.309 e. The molecule has 3 heterocycles. The van der Waals surface area contributed by atoms with Crippen LogP contribution in [0.5, 0.6) is 0 Å². The van der Waals surface area contributed by atoms with Crippen LogP contribution in [-0.2, 0) is 0 Å². The summed E-state index contributed by atoms with van der Waals surface area (Å²) in [5.74, 6) is 0.820. The molecule has 3 aromatic heterocycles. The molecule has 0 N–H and O–H groups in total. The molecular weight excluding hydrogens is 562 g/mol. The Morgan fingerprint density at radius 3 is 1.80 bits per heavy atom. The van der Waals surface area contributed by atoms with Crippen molar-refractivity contribution in [3.63, 3.8) is 0 Å². The predicted molar refractivity (Wildman–Crippen MR) is 189 cm³/mol. The highest BCUT2D eigenvalue weighted by molar-refractivity contribution is 6.04. The van der Waals surface area contributed by atoms with Gasteiger partial charge in [0.2, 0.25) is 0 Å². The Morgan fingerprint density at radius 1 is 0.478 bits per heavy atom. The van der Waals surface area contributed by atoms with Gasteiger partial charge in [-0.2, -0.15) is 0 Å². The van der Waals surface area contributed by atoms with Gasteiger partial charge in [0.05, 0.1) is 22.6 Å². The average Bonchev–Trinajstić information content (AvgIpc) is 3.51.